The molecule has 1 saturated carbocycles. The summed E-state index contributed by atoms with van der Waals surface area (Å²) in [7, 11) is -3.58. The van der Waals surface area contributed by atoms with Crippen molar-refractivity contribution in [3.05, 3.63) is 0 Å². The van der Waals surface area contributed by atoms with Gasteiger partial charge in [0.25, 0.3) is 10.2 Å². The molecular weight excluding hydrogens is 232 g/mol. The highest BCUT2D eigenvalue weighted by Crippen LogP contribution is 2.38. The van der Waals surface area contributed by atoms with E-state index in [0.717, 1.165) is 6.42 Å². The molecule has 1 aliphatic carbocycles. The summed E-state index contributed by atoms with van der Waals surface area (Å²) in [5.41, 5.74) is -0.998. The topological polar surface area (TPSA) is 95.5 Å². The van der Waals surface area contributed by atoms with Crippen molar-refractivity contribution in [1.29, 1.82) is 0 Å². The van der Waals surface area contributed by atoms with Gasteiger partial charge < -0.3 is 5.11 Å². The van der Waals surface area contributed by atoms with Crippen LogP contribution < -0.4 is 9.44 Å². The standard InChI is InChI=1S/C9H18N2O4S/c1-3-10-16(14,15)11-7-5-4-6-9(7,2)8(12)13/h7,10-11H,3-6H2,1-2H3,(H,12,13). The van der Waals surface area contributed by atoms with Crippen LogP contribution in [0.4, 0.5) is 0 Å². The fraction of sp³-hybridized carbons (Fsp3) is 0.889. The van der Waals surface area contributed by atoms with E-state index in [-0.39, 0.29) is 6.54 Å². The highest BCUT2D eigenvalue weighted by Gasteiger charge is 2.46. The van der Waals surface area contributed by atoms with E-state index < -0.39 is 27.6 Å². The van der Waals surface area contributed by atoms with E-state index in [9.17, 15) is 13.2 Å². The molecule has 0 radical (unpaired) electrons. The van der Waals surface area contributed by atoms with Gasteiger partial charge in [0.15, 0.2) is 0 Å². The number of carboxylic acid groups (broad SMARTS) is 1. The molecule has 0 amide bonds. The first-order valence-corrected chi connectivity index (χ1v) is 6.80. The maximum atomic E-state index is 11.5. The van der Waals surface area contributed by atoms with Gasteiger partial charge >= 0.3 is 5.97 Å². The molecule has 2 unspecified atom stereocenters. The number of rotatable bonds is 5. The quantitative estimate of drug-likeness (QED) is 0.643. The molecule has 0 aliphatic heterocycles. The second-order valence-electron chi connectivity index (χ2n) is 4.29. The van der Waals surface area contributed by atoms with Crippen LogP contribution in [-0.4, -0.2) is 32.1 Å². The lowest BCUT2D eigenvalue weighted by molar-refractivity contribution is -0.148. The van der Waals surface area contributed by atoms with E-state index in [4.69, 9.17) is 5.11 Å². The monoisotopic (exact) mass is 250 g/mol. The van der Waals surface area contributed by atoms with Crippen LogP contribution in [0.2, 0.25) is 0 Å². The molecule has 7 heteroatoms. The second-order valence-corrected chi connectivity index (χ2v) is 5.82. The Morgan fingerprint density at radius 3 is 2.69 bits per heavy atom. The molecule has 1 fully saturated rings. The summed E-state index contributed by atoms with van der Waals surface area (Å²) in [6, 6.07) is -0.533. The number of aliphatic carboxylic acids is 1. The SMILES string of the molecule is CCNS(=O)(=O)NC1CCCC1(C)C(=O)O. The first kappa shape index (κ1) is 13.4. The van der Waals surface area contributed by atoms with Crippen molar-refractivity contribution < 1.29 is 18.3 Å². The summed E-state index contributed by atoms with van der Waals surface area (Å²) in [6.07, 6.45) is 1.79. The van der Waals surface area contributed by atoms with Gasteiger partial charge in [-0.3, -0.25) is 4.79 Å². The van der Waals surface area contributed by atoms with Gasteiger partial charge in [-0.2, -0.15) is 13.1 Å². The van der Waals surface area contributed by atoms with Crippen molar-refractivity contribution in [1.82, 2.24) is 9.44 Å². The van der Waals surface area contributed by atoms with Crippen LogP contribution in [0.3, 0.4) is 0 Å². The Kier molecular flexibility index (Phi) is 3.92. The first-order chi connectivity index (χ1) is 7.32. The molecule has 94 valence electrons. The second kappa shape index (κ2) is 4.68. The van der Waals surface area contributed by atoms with Gasteiger partial charge in [0.1, 0.15) is 0 Å². The van der Waals surface area contributed by atoms with Crippen LogP contribution in [0.1, 0.15) is 33.1 Å². The van der Waals surface area contributed by atoms with Crippen molar-refractivity contribution in [2.45, 2.75) is 39.2 Å². The lowest BCUT2D eigenvalue weighted by Gasteiger charge is -2.27. The summed E-state index contributed by atoms with van der Waals surface area (Å²) in [5, 5.41) is 9.11. The highest BCUT2D eigenvalue weighted by molar-refractivity contribution is 7.87. The van der Waals surface area contributed by atoms with Crippen molar-refractivity contribution in [3.8, 4) is 0 Å². The van der Waals surface area contributed by atoms with Crippen molar-refractivity contribution >= 4 is 16.2 Å². The minimum Gasteiger partial charge on any atom is -0.481 e. The average molecular weight is 250 g/mol. The van der Waals surface area contributed by atoms with Gasteiger partial charge in [-0.15, -0.1) is 0 Å². The summed E-state index contributed by atoms with van der Waals surface area (Å²) in [5.74, 6) is -0.950. The Balaban J connectivity index is 2.78. The van der Waals surface area contributed by atoms with Gasteiger partial charge in [0.2, 0.25) is 0 Å². The number of carbonyl (C=O) groups is 1. The fourth-order valence-corrected chi connectivity index (χ4v) is 3.25. The van der Waals surface area contributed by atoms with Crippen molar-refractivity contribution in [2.24, 2.45) is 5.41 Å². The third-order valence-electron chi connectivity index (χ3n) is 3.08. The van der Waals surface area contributed by atoms with Gasteiger partial charge in [-0.1, -0.05) is 13.3 Å². The Labute approximate surface area is 95.6 Å². The lowest BCUT2D eigenvalue weighted by atomic mass is 9.85. The summed E-state index contributed by atoms with van der Waals surface area (Å²) in [6.45, 7) is 3.54. The van der Waals surface area contributed by atoms with E-state index in [2.05, 4.69) is 9.44 Å². The highest BCUT2D eigenvalue weighted by atomic mass is 32.2. The van der Waals surface area contributed by atoms with E-state index in [1.54, 1.807) is 13.8 Å². The number of nitrogens with one attached hydrogen (secondary N) is 2. The predicted molar refractivity (Wildman–Crippen MR) is 59.1 cm³/mol. The predicted octanol–water partition coefficient (Wildman–Crippen LogP) is 0.0737. The normalized spacial score (nSPS) is 30.5. The Bertz CT molecular complexity index is 368. The lowest BCUT2D eigenvalue weighted by Crippen LogP contribution is -2.50. The maximum Gasteiger partial charge on any atom is 0.310 e. The van der Waals surface area contributed by atoms with Crippen LogP contribution in [-0.2, 0) is 15.0 Å². The van der Waals surface area contributed by atoms with E-state index in [1.807, 2.05) is 0 Å². The summed E-state index contributed by atoms with van der Waals surface area (Å²) >= 11 is 0. The molecule has 0 aromatic heterocycles. The molecule has 0 spiro atoms. The average Bonchev–Trinajstić information content (AvgIpc) is 2.48. The smallest absolute Gasteiger partial charge is 0.310 e. The number of hydrogen-bond donors (Lipinski definition) is 3. The molecule has 0 saturated heterocycles. The molecule has 0 heterocycles. The third kappa shape index (κ3) is 2.72. The zero-order chi connectivity index (χ0) is 12.4. The summed E-state index contributed by atoms with van der Waals surface area (Å²) < 4.78 is 27.7. The Morgan fingerprint density at radius 1 is 1.56 bits per heavy atom. The number of hydrogen-bond acceptors (Lipinski definition) is 3. The summed E-state index contributed by atoms with van der Waals surface area (Å²) in [4.78, 5) is 11.1. The van der Waals surface area contributed by atoms with Gasteiger partial charge in [0, 0.05) is 12.6 Å². The van der Waals surface area contributed by atoms with Gasteiger partial charge in [0.05, 0.1) is 5.41 Å². The molecule has 1 rings (SSSR count). The van der Waals surface area contributed by atoms with Crippen LogP contribution in [0.15, 0.2) is 0 Å². The third-order valence-corrected chi connectivity index (χ3v) is 4.34. The zero-order valence-electron chi connectivity index (χ0n) is 9.49. The van der Waals surface area contributed by atoms with Crippen LogP contribution in [0.25, 0.3) is 0 Å². The van der Waals surface area contributed by atoms with Crippen LogP contribution in [0.5, 0.6) is 0 Å². The molecule has 0 aromatic rings. The Hall–Kier alpha value is -0.660. The van der Waals surface area contributed by atoms with Crippen molar-refractivity contribution in [2.75, 3.05) is 6.54 Å². The van der Waals surface area contributed by atoms with E-state index >= 15 is 0 Å². The first-order valence-electron chi connectivity index (χ1n) is 5.32. The van der Waals surface area contributed by atoms with E-state index in [1.165, 1.54) is 0 Å². The molecule has 6 nitrogen and oxygen atoms in total. The van der Waals surface area contributed by atoms with Gasteiger partial charge in [-0.25, -0.2) is 4.72 Å². The van der Waals surface area contributed by atoms with E-state index in [0.29, 0.717) is 12.8 Å². The molecule has 1 aliphatic rings. The molecule has 0 aromatic carbocycles. The molecule has 16 heavy (non-hydrogen) atoms. The minimum absolute atomic E-state index is 0.284. The molecule has 2 atom stereocenters. The molecule has 3 N–H and O–H groups in total. The van der Waals surface area contributed by atoms with Gasteiger partial charge in [-0.05, 0) is 19.8 Å². The maximum absolute atomic E-state index is 11.5. The molecular formula is C9H18N2O4S. The van der Waals surface area contributed by atoms with Crippen LogP contribution >= 0.6 is 0 Å². The number of carboxylic acids is 1. The largest absolute Gasteiger partial charge is 0.481 e. The van der Waals surface area contributed by atoms with Crippen molar-refractivity contribution in [3.63, 3.8) is 0 Å². The fourth-order valence-electron chi connectivity index (χ4n) is 2.03. The molecule has 0 bridgehead atoms. The zero-order valence-corrected chi connectivity index (χ0v) is 10.3. The van der Waals surface area contributed by atoms with Crippen LogP contribution in [0, 0.1) is 5.41 Å². The Morgan fingerprint density at radius 2 is 2.19 bits per heavy atom. The minimum atomic E-state index is -3.58.